The van der Waals surface area contributed by atoms with Gasteiger partial charge in [0.1, 0.15) is 0 Å². The van der Waals surface area contributed by atoms with Crippen molar-refractivity contribution >= 4 is 0 Å². The van der Waals surface area contributed by atoms with Gasteiger partial charge in [0.2, 0.25) is 5.79 Å². The van der Waals surface area contributed by atoms with Gasteiger partial charge >= 0.3 is 0 Å². The summed E-state index contributed by atoms with van der Waals surface area (Å²) >= 11 is 0. The van der Waals surface area contributed by atoms with E-state index in [1.807, 2.05) is 0 Å². The molecular weight excluding hydrogens is 184 g/mol. The molecule has 0 spiro atoms. The van der Waals surface area contributed by atoms with Crippen molar-refractivity contribution in [2.24, 2.45) is 23.2 Å². The van der Waals surface area contributed by atoms with Gasteiger partial charge in [0.15, 0.2) is 0 Å². The average molecular weight is 202 g/mol. The molecule has 0 heterocycles. The van der Waals surface area contributed by atoms with Crippen LogP contribution in [0.3, 0.4) is 0 Å². The maximum Gasteiger partial charge on any atom is 0.237 e. The molecule has 3 saturated carbocycles. The van der Waals surface area contributed by atoms with Crippen molar-refractivity contribution in [3.63, 3.8) is 0 Å². The van der Waals surface area contributed by atoms with E-state index in [0.717, 1.165) is 6.42 Å². The lowest BCUT2D eigenvalue weighted by Gasteiger charge is -2.64. The third-order valence-corrected chi connectivity index (χ3v) is 4.48. The Morgan fingerprint density at radius 2 is 1.79 bits per heavy atom. The van der Waals surface area contributed by atoms with Crippen molar-refractivity contribution in [2.45, 2.75) is 39.4 Å². The summed E-state index contributed by atoms with van der Waals surface area (Å²) in [5.41, 5.74) is 0.0725. The molecule has 0 saturated heterocycles. The molecule has 14 heavy (non-hydrogen) atoms. The zero-order valence-corrected chi connectivity index (χ0v) is 8.86. The van der Waals surface area contributed by atoms with Crippen LogP contribution in [0.15, 0.2) is 0 Å². The van der Waals surface area contributed by atoms with Crippen LogP contribution in [-0.4, -0.2) is 16.3 Å². The summed E-state index contributed by atoms with van der Waals surface area (Å²) in [5, 5.41) is 17.8. The quantitative estimate of drug-likeness (QED) is 0.410. The van der Waals surface area contributed by atoms with Crippen LogP contribution in [0.4, 0.5) is 0 Å². The summed E-state index contributed by atoms with van der Waals surface area (Å²) in [7, 11) is 0. The Morgan fingerprint density at radius 3 is 2.14 bits per heavy atom. The Bertz CT molecular complexity index is 234. The van der Waals surface area contributed by atoms with E-state index in [1.165, 1.54) is 0 Å². The monoisotopic (exact) mass is 202 g/mol. The first-order valence-corrected chi connectivity index (χ1v) is 5.13. The van der Waals surface area contributed by atoms with Crippen molar-refractivity contribution in [3.05, 3.63) is 0 Å². The fraction of sp³-hybridized carbons (Fsp3) is 1.00. The molecule has 0 aliphatic heterocycles. The Kier molecular flexibility index (Phi) is 2.16. The van der Waals surface area contributed by atoms with E-state index < -0.39 is 5.79 Å². The highest BCUT2D eigenvalue weighted by Crippen LogP contribution is 2.65. The lowest BCUT2D eigenvalue weighted by molar-refractivity contribution is -0.531. The lowest BCUT2D eigenvalue weighted by Crippen LogP contribution is -2.65. The van der Waals surface area contributed by atoms with Gasteiger partial charge < -0.3 is 0 Å². The zero-order valence-electron chi connectivity index (χ0n) is 8.86. The maximum absolute atomic E-state index is 8.90. The second kappa shape index (κ2) is 2.92. The van der Waals surface area contributed by atoms with Gasteiger partial charge in [0, 0.05) is 12.3 Å². The van der Waals surface area contributed by atoms with Crippen LogP contribution >= 0.6 is 0 Å². The van der Waals surface area contributed by atoms with E-state index in [9.17, 15) is 0 Å². The second-order valence-corrected chi connectivity index (χ2v) is 5.39. The highest BCUT2D eigenvalue weighted by atomic mass is 17.2. The summed E-state index contributed by atoms with van der Waals surface area (Å²) in [4.78, 5) is 8.82. The molecule has 4 heteroatoms. The summed E-state index contributed by atoms with van der Waals surface area (Å²) in [6.45, 7) is 6.37. The molecule has 3 aliphatic carbocycles. The Hall–Kier alpha value is -0.160. The van der Waals surface area contributed by atoms with E-state index in [-0.39, 0.29) is 11.3 Å². The molecule has 3 aliphatic rings. The van der Waals surface area contributed by atoms with Crippen LogP contribution in [0.2, 0.25) is 0 Å². The predicted molar refractivity (Wildman–Crippen MR) is 49.3 cm³/mol. The van der Waals surface area contributed by atoms with E-state index in [0.29, 0.717) is 18.3 Å². The predicted octanol–water partition coefficient (Wildman–Crippen LogP) is 2.36. The highest BCUT2D eigenvalue weighted by Gasteiger charge is 2.66. The Labute approximate surface area is 83.7 Å². The molecule has 3 atom stereocenters. The summed E-state index contributed by atoms with van der Waals surface area (Å²) in [5.74, 6) is -0.0797. The average Bonchev–Trinajstić information content (AvgIpc) is 2.15. The highest BCUT2D eigenvalue weighted by molar-refractivity contribution is 5.09. The van der Waals surface area contributed by atoms with Crippen molar-refractivity contribution in [1.82, 2.24) is 0 Å². The normalized spacial score (nSPS) is 43.1. The molecule has 3 fully saturated rings. The van der Waals surface area contributed by atoms with Crippen LogP contribution in [0.5, 0.6) is 0 Å². The Balaban J connectivity index is 2.29. The summed E-state index contributed by atoms with van der Waals surface area (Å²) in [6, 6.07) is 0. The SMILES string of the molecule is C[C@@H]1CC(OO)(OO)[C@H]2C[C@@H]1C2(C)C. The smallest absolute Gasteiger partial charge is 0.237 e. The van der Waals surface area contributed by atoms with Crippen molar-refractivity contribution in [1.29, 1.82) is 0 Å². The molecule has 2 N–H and O–H groups in total. The molecule has 4 nitrogen and oxygen atoms in total. The molecule has 0 aromatic carbocycles. The van der Waals surface area contributed by atoms with Gasteiger partial charge in [-0.2, -0.15) is 0 Å². The molecule has 3 rings (SSSR count). The molecule has 0 aromatic heterocycles. The van der Waals surface area contributed by atoms with Gasteiger partial charge in [-0.05, 0) is 23.7 Å². The van der Waals surface area contributed by atoms with Gasteiger partial charge in [0.05, 0.1) is 0 Å². The summed E-state index contributed by atoms with van der Waals surface area (Å²) < 4.78 is 0. The second-order valence-electron chi connectivity index (χ2n) is 5.39. The number of hydrogen-bond donors (Lipinski definition) is 2. The van der Waals surface area contributed by atoms with Crippen molar-refractivity contribution in [2.75, 3.05) is 0 Å². The number of fused-ring (bicyclic) bond motifs is 2. The van der Waals surface area contributed by atoms with Crippen LogP contribution in [0, 0.1) is 23.2 Å². The molecule has 2 bridgehead atoms. The maximum atomic E-state index is 8.90. The van der Waals surface area contributed by atoms with Crippen LogP contribution in [0.25, 0.3) is 0 Å². The molecular formula is C10H18O4. The first kappa shape index (κ1) is 10.4. The standard InChI is InChI=1S/C10H18O4/c1-6-5-10(13-11,14-12)8-4-7(6)9(8,2)3/h6-8,11-12H,4-5H2,1-3H3/t6-,7+,8+/m1/s1. The summed E-state index contributed by atoms with van der Waals surface area (Å²) in [6.07, 6.45) is 1.51. The number of rotatable bonds is 2. The third kappa shape index (κ3) is 1.03. The van der Waals surface area contributed by atoms with Gasteiger partial charge in [-0.3, -0.25) is 0 Å². The van der Waals surface area contributed by atoms with Crippen LogP contribution < -0.4 is 0 Å². The fourth-order valence-corrected chi connectivity index (χ4v) is 3.62. The van der Waals surface area contributed by atoms with E-state index >= 15 is 0 Å². The largest absolute Gasteiger partial charge is 0.249 e. The fourth-order valence-electron chi connectivity index (χ4n) is 3.62. The van der Waals surface area contributed by atoms with E-state index in [4.69, 9.17) is 10.5 Å². The van der Waals surface area contributed by atoms with E-state index in [2.05, 4.69) is 30.5 Å². The minimum atomic E-state index is -1.20. The molecule has 0 amide bonds. The third-order valence-electron chi connectivity index (χ3n) is 4.48. The van der Waals surface area contributed by atoms with Crippen LogP contribution in [0.1, 0.15) is 33.6 Å². The first-order valence-electron chi connectivity index (χ1n) is 5.13. The molecule has 0 aromatic rings. The van der Waals surface area contributed by atoms with Gasteiger partial charge in [0.25, 0.3) is 0 Å². The first-order chi connectivity index (χ1) is 6.48. The Morgan fingerprint density at radius 1 is 1.21 bits per heavy atom. The van der Waals surface area contributed by atoms with Crippen LogP contribution in [-0.2, 0) is 9.78 Å². The van der Waals surface area contributed by atoms with E-state index in [1.54, 1.807) is 0 Å². The van der Waals surface area contributed by atoms with Gasteiger partial charge in [-0.15, -0.1) is 0 Å². The lowest BCUT2D eigenvalue weighted by atomic mass is 9.44. The molecule has 82 valence electrons. The molecule has 0 unspecified atom stereocenters. The van der Waals surface area contributed by atoms with Crippen molar-refractivity contribution in [3.8, 4) is 0 Å². The minimum Gasteiger partial charge on any atom is -0.249 e. The zero-order chi connectivity index (χ0) is 10.6. The van der Waals surface area contributed by atoms with Gasteiger partial charge in [-0.1, -0.05) is 20.8 Å². The van der Waals surface area contributed by atoms with Crippen molar-refractivity contribution < 1.29 is 20.3 Å². The van der Waals surface area contributed by atoms with Gasteiger partial charge in [-0.25, -0.2) is 20.3 Å². The molecule has 0 radical (unpaired) electrons. The topological polar surface area (TPSA) is 58.9 Å². The number of hydrogen-bond acceptors (Lipinski definition) is 4. The minimum absolute atomic E-state index is 0.0725.